The minimum Gasteiger partial charge on any atom is -0.507 e. The maximum atomic E-state index is 12.7. The summed E-state index contributed by atoms with van der Waals surface area (Å²) >= 11 is 1.70. The van der Waals surface area contributed by atoms with Crippen LogP contribution in [0.1, 0.15) is 22.3 Å². The van der Waals surface area contributed by atoms with Crippen molar-refractivity contribution in [3.05, 3.63) is 23.3 Å². The van der Waals surface area contributed by atoms with Crippen LogP contribution in [0.2, 0.25) is 0 Å². The van der Waals surface area contributed by atoms with Gasteiger partial charge in [0, 0.05) is 18.8 Å². The monoisotopic (exact) mass is 331 g/mol. The van der Waals surface area contributed by atoms with E-state index >= 15 is 0 Å². The molecule has 1 aromatic carbocycles. The van der Waals surface area contributed by atoms with Crippen LogP contribution in [0.15, 0.2) is 17.0 Å². The van der Waals surface area contributed by atoms with Gasteiger partial charge in [0.25, 0.3) is 0 Å². The van der Waals surface area contributed by atoms with Gasteiger partial charge in [-0.15, -0.1) is 0 Å². The van der Waals surface area contributed by atoms with Crippen LogP contribution in [-0.2, 0) is 10.0 Å². The van der Waals surface area contributed by atoms with Gasteiger partial charge in [0.05, 0.1) is 4.90 Å². The number of aromatic carboxylic acids is 1. The molecule has 8 heteroatoms. The number of hydrogen-bond acceptors (Lipinski definition) is 5. The van der Waals surface area contributed by atoms with E-state index in [1.54, 1.807) is 11.8 Å². The van der Waals surface area contributed by atoms with Gasteiger partial charge in [-0.3, -0.25) is 0 Å². The summed E-state index contributed by atoms with van der Waals surface area (Å²) < 4.78 is 26.6. The summed E-state index contributed by atoms with van der Waals surface area (Å²) in [5.41, 5.74) is -0.0802. The standard InChI is InChI=1S/C13H17NO5S2/c1-8-5-11(15)10(13(16)17)6-12(8)21(18,19)14(2)9-3-4-20-7-9/h5-6,9,15H,3-4,7H2,1-2H3,(H,16,17). The van der Waals surface area contributed by atoms with Gasteiger partial charge in [-0.25, -0.2) is 13.2 Å². The molecular weight excluding hydrogens is 314 g/mol. The lowest BCUT2D eigenvalue weighted by molar-refractivity contribution is 0.0693. The molecule has 1 aromatic rings. The minimum atomic E-state index is -3.78. The number of carboxylic acids is 1. The van der Waals surface area contributed by atoms with E-state index in [9.17, 15) is 18.3 Å². The average Bonchev–Trinajstić information content (AvgIpc) is 2.90. The molecule has 116 valence electrons. The van der Waals surface area contributed by atoms with E-state index < -0.39 is 27.3 Å². The normalized spacial score (nSPS) is 19.1. The van der Waals surface area contributed by atoms with E-state index in [1.165, 1.54) is 24.3 Å². The summed E-state index contributed by atoms with van der Waals surface area (Å²) in [4.78, 5) is 11.0. The number of carbonyl (C=O) groups is 1. The summed E-state index contributed by atoms with van der Waals surface area (Å²) in [6.07, 6.45) is 0.781. The Balaban J connectivity index is 2.48. The Hall–Kier alpha value is -1.25. The van der Waals surface area contributed by atoms with Gasteiger partial charge in [-0.05, 0) is 36.8 Å². The second kappa shape index (κ2) is 5.86. The molecule has 0 aromatic heterocycles. The fourth-order valence-corrected chi connectivity index (χ4v) is 5.26. The zero-order valence-electron chi connectivity index (χ0n) is 11.7. The highest BCUT2D eigenvalue weighted by Gasteiger charge is 2.32. The first-order chi connectivity index (χ1) is 9.75. The van der Waals surface area contributed by atoms with Gasteiger partial charge in [-0.1, -0.05) is 0 Å². The van der Waals surface area contributed by atoms with Crippen molar-refractivity contribution in [2.75, 3.05) is 18.6 Å². The Morgan fingerprint density at radius 1 is 1.43 bits per heavy atom. The Labute approximate surface area is 127 Å². The lowest BCUT2D eigenvalue weighted by Crippen LogP contribution is -2.37. The van der Waals surface area contributed by atoms with E-state index in [0.717, 1.165) is 24.0 Å². The number of thioether (sulfide) groups is 1. The highest BCUT2D eigenvalue weighted by Crippen LogP contribution is 2.30. The van der Waals surface area contributed by atoms with Gasteiger partial charge >= 0.3 is 5.97 Å². The molecule has 0 amide bonds. The predicted molar refractivity (Wildman–Crippen MR) is 80.5 cm³/mol. The van der Waals surface area contributed by atoms with Crippen molar-refractivity contribution in [3.63, 3.8) is 0 Å². The van der Waals surface area contributed by atoms with E-state index in [0.29, 0.717) is 5.56 Å². The van der Waals surface area contributed by atoms with Crippen molar-refractivity contribution in [3.8, 4) is 5.75 Å². The molecule has 2 rings (SSSR count). The zero-order chi connectivity index (χ0) is 15.8. The van der Waals surface area contributed by atoms with Crippen molar-refractivity contribution < 1.29 is 23.4 Å². The molecule has 1 heterocycles. The third-order valence-electron chi connectivity index (χ3n) is 3.60. The second-order valence-corrected chi connectivity index (χ2v) is 8.09. The van der Waals surface area contributed by atoms with Gasteiger partial charge in [0.2, 0.25) is 10.0 Å². The van der Waals surface area contributed by atoms with E-state index in [-0.39, 0.29) is 10.9 Å². The molecule has 0 saturated carbocycles. The maximum Gasteiger partial charge on any atom is 0.339 e. The Morgan fingerprint density at radius 2 is 2.10 bits per heavy atom. The molecular formula is C13H17NO5S2. The number of sulfonamides is 1. The number of nitrogens with zero attached hydrogens (tertiary/aromatic N) is 1. The molecule has 1 fully saturated rings. The number of rotatable bonds is 4. The minimum absolute atomic E-state index is 0.0721. The van der Waals surface area contributed by atoms with Crippen molar-refractivity contribution in [1.82, 2.24) is 4.31 Å². The average molecular weight is 331 g/mol. The van der Waals surface area contributed by atoms with Gasteiger partial charge in [0.15, 0.2) is 0 Å². The number of aromatic hydroxyl groups is 1. The third kappa shape index (κ3) is 3.02. The highest BCUT2D eigenvalue weighted by molar-refractivity contribution is 7.99. The first-order valence-corrected chi connectivity index (χ1v) is 8.97. The molecule has 1 saturated heterocycles. The first kappa shape index (κ1) is 16.1. The number of phenols is 1. The van der Waals surface area contributed by atoms with Crippen molar-refractivity contribution in [1.29, 1.82) is 0 Å². The smallest absolute Gasteiger partial charge is 0.339 e. The zero-order valence-corrected chi connectivity index (χ0v) is 13.4. The summed E-state index contributed by atoms with van der Waals surface area (Å²) in [5.74, 6) is -0.140. The summed E-state index contributed by atoms with van der Waals surface area (Å²) in [6.45, 7) is 1.54. The molecule has 0 bridgehead atoms. The van der Waals surface area contributed by atoms with Crippen LogP contribution < -0.4 is 0 Å². The molecule has 1 aliphatic rings. The predicted octanol–water partition coefficient (Wildman–Crippen LogP) is 1.52. The van der Waals surface area contributed by atoms with Crippen LogP contribution in [0.4, 0.5) is 0 Å². The quantitative estimate of drug-likeness (QED) is 0.869. The largest absolute Gasteiger partial charge is 0.507 e. The molecule has 2 N–H and O–H groups in total. The molecule has 1 unspecified atom stereocenters. The van der Waals surface area contributed by atoms with E-state index in [4.69, 9.17) is 5.11 Å². The number of carboxylic acid groups (broad SMARTS) is 1. The van der Waals surface area contributed by atoms with Crippen molar-refractivity contribution in [2.24, 2.45) is 0 Å². The highest BCUT2D eigenvalue weighted by atomic mass is 32.2. The van der Waals surface area contributed by atoms with Crippen LogP contribution in [0.25, 0.3) is 0 Å². The number of hydrogen-bond donors (Lipinski definition) is 2. The molecule has 1 atom stereocenters. The topological polar surface area (TPSA) is 94.9 Å². The lowest BCUT2D eigenvalue weighted by Gasteiger charge is -2.24. The Bertz CT molecular complexity index is 665. The van der Waals surface area contributed by atoms with Crippen molar-refractivity contribution in [2.45, 2.75) is 24.3 Å². The lowest BCUT2D eigenvalue weighted by atomic mass is 10.1. The van der Waals surface area contributed by atoms with E-state index in [1.807, 2.05) is 0 Å². The summed E-state index contributed by atoms with van der Waals surface area (Å²) in [7, 11) is -2.27. The summed E-state index contributed by atoms with van der Waals surface area (Å²) in [6, 6.07) is 2.12. The third-order valence-corrected chi connectivity index (χ3v) is 6.80. The molecule has 6 nitrogen and oxygen atoms in total. The molecule has 1 aliphatic heterocycles. The van der Waals surface area contributed by atoms with Crippen molar-refractivity contribution >= 4 is 27.8 Å². The van der Waals surface area contributed by atoms with Crippen LogP contribution in [-0.4, -0.2) is 53.5 Å². The van der Waals surface area contributed by atoms with Gasteiger partial charge < -0.3 is 10.2 Å². The Kier molecular flexibility index (Phi) is 4.50. The molecule has 0 spiro atoms. The van der Waals surface area contributed by atoms with Gasteiger partial charge in [0.1, 0.15) is 11.3 Å². The van der Waals surface area contributed by atoms with Gasteiger partial charge in [-0.2, -0.15) is 16.1 Å². The maximum absolute atomic E-state index is 12.7. The van der Waals surface area contributed by atoms with Crippen LogP contribution >= 0.6 is 11.8 Å². The SMILES string of the molecule is Cc1cc(O)c(C(=O)O)cc1S(=O)(=O)N(C)C1CCSC1. The Morgan fingerprint density at radius 3 is 2.62 bits per heavy atom. The number of benzene rings is 1. The summed E-state index contributed by atoms with van der Waals surface area (Å²) in [5, 5.41) is 18.6. The fourth-order valence-electron chi connectivity index (χ4n) is 2.28. The van der Waals surface area contributed by atoms with Crippen LogP contribution in [0, 0.1) is 6.92 Å². The van der Waals surface area contributed by atoms with Crippen LogP contribution in [0.5, 0.6) is 5.75 Å². The van der Waals surface area contributed by atoms with Crippen LogP contribution in [0.3, 0.4) is 0 Å². The molecule has 0 aliphatic carbocycles. The first-order valence-electron chi connectivity index (χ1n) is 6.38. The fraction of sp³-hybridized carbons (Fsp3) is 0.462. The van der Waals surface area contributed by atoms with E-state index in [2.05, 4.69) is 0 Å². The molecule has 21 heavy (non-hydrogen) atoms. The number of aryl methyl sites for hydroxylation is 1. The molecule has 0 radical (unpaired) electrons. The second-order valence-electron chi connectivity index (χ2n) is 4.98.